The minimum Gasteiger partial charge on any atom is -0.467 e. The highest BCUT2D eigenvalue weighted by molar-refractivity contribution is 5.41. The first-order valence-electron chi connectivity index (χ1n) is 4.83. The van der Waals surface area contributed by atoms with Crippen LogP contribution in [0.2, 0.25) is 0 Å². The van der Waals surface area contributed by atoms with Gasteiger partial charge in [-0.2, -0.15) is 4.98 Å². The van der Waals surface area contributed by atoms with Crippen molar-refractivity contribution in [3.63, 3.8) is 0 Å². The maximum Gasteiger partial charge on any atom is 0.239 e. The fourth-order valence-corrected chi connectivity index (χ4v) is 1.35. The Morgan fingerprint density at radius 2 is 2.38 bits per heavy atom. The lowest BCUT2D eigenvalue weighted by Gasteiger charge is -2.16. The van der Waals surface area contributed by atoms with Crippen LogP contribution < -0.4 is 16.2 Å². The Labute approximate surface area is 93.1 Å². The zero-order valence-corrected chi connectivity index (χ0v) is 8.92. The monoisotopic (exact) mass is 219 g/mol. The summed E-state index contributed by atoms with van der Waals surface area (Å²) in [5.74, 6) is 7.29. The number of nitrogen functional groups attached to an aromatic ring is 1. The molecule has 0 aliphatic carbocycles. The lowest BCUT2D eigenvalue weighted by molar-refractivity contribution is 0.507. The number of nitrogens with two attached hydrogens (primary N) is 1. The fourth-order valence-electron chi connectivity index (χ4n) is 1.35. The summed E-state index contributed by atoms with van der Waals surface area (Å²) in [5, 5.41) is 0. The average molecular weight is 219 g/mol. The number of anilines is 2. The SMILES string of the molecule is CN(Cc1ccco1)c1ccnc(NN)n1. The van der Waals surface area contributed by atoms with E-state index in [4.69, 9.17) is 10.3 Å². The maximum absolute atomic E-state index is 5.26. The zero-order chi connectivity index (χ0) is 11.4. The van der Waals surface area contributed by atoms with E-state index >= 15 is 0 Å². The van der Waals surface area contributed by atoms with Gasteiger partial charge in [0.25, 0.3) is 0 Å². The van der Waals surface area contributed by atoms with E-state index in [0.717, 1.165) is 11.6 Å². The third kappa shape index (κ3) is 2.29. The molecule has 84 valence electrons. The number of rotatable bonds is 4. The Balaban J connectivity index is 2.11. The molecule has 0 radical (unpaired) electrons. The number of hydrogen-bond acceptors (Lipinski definition) is 6. The third-order valence-electron chi connectivity index (χ3n) is 2.13. The summed E-state index contributed by atoms with van der Waals surface area (Å²) in [4.78, 5) is 10.1. The van der Waals surface area contributed by atoms with Crippen molar-refractivity contribution in [3.05, 3.63) is 36.4 Å². The number of hydrazine groups is 1. The van der Waals surface area contributed by atoms with Crippen molar-refractivity contribution >= 4 is 11.8 Å². The summed E-state index contributed by atoms with van der Waals surface area (Å²) < 4.78 is 5.26. The summed E-state index contributed by atoms with van der Waals surface area (Å²) in [7, 11) is 1.92. The molecular weight excluding hydrogens is 206 g/mol. The number of nitrogens with one attached hydrogen (secondary N) is 1. The van der Waals surface area contributed by atoms with Gasteiger partial charge in [-0.1, -0.05) is 0 Å². The van der Waals surface area contributed by atoms with Crippen LogP contribution in [0.5, 0.6) is 0 Å². The van der Waals surface area contributed by atoms with Gasteiger partial charge < -0.3 is 9.32 Å². The molecule has 0 spiro atoms. The van der Waals surface area contributed by atoms with Gasteiger partial charge in [0.05, 0.1) is 12.8 Å². The molecule has 0 fully saturated rings. The van der Waals surface area contributed by atoms with Crippen LogP contribution in [0.15, 0.2) is 35.1 Å². The van der Waals surface area contributed by atoms with Gasteiger partial charge in [-0.15, -0.1) is 0 Å². The zero-order valence-electron chi connectivity index (χ0n) is 8.92. The van der Waals surface area contributed by atoms with Crippen molar-refractivity contribution in [1.29, 1.82) is 0 Å². The maximum atomic E-state index is 5.26. The molecule has 0 atom stereocenters. The number of nitrogens with zero attached hydrogens (tertiary/aromatic N) is 3. The van der Waals surface area contributed by atoms with E-state index in [2.05, 4.69) is 15.4 Å². The van der Waals surface area contributed by atoms with Gasteiger partial charge in [-0.25, -0.2) is 10.8 Å². The van der Waals surface area contributed by atoms with Crippen molar-refractivity contribution in [2.75, 3.05) is 17.4 Å². The summed E-state index contributed by atoms with van der Waals surface area (Å²) in [6.45, 7) is 0.647. The second-order valence-electron chi connectivity index (χ2n) is 3.32. The molecule has 3 N–H and O–H groups in total. The van der Waals surface area contributed by atoms with E-state index in [1.807, 2.05) is 30.1 Å². The van der Waals surface area contributed by atoms with Gasteiger partial charge in [-0.05, 0) is 18.2 Å². The normalized spacial score (nSPS) is 10.1. The van der Waals surface area contributed by atoms with Crippen LogP contribution in [-0.4, -0.2) is 17.0 Å². The van der Waals surface area contributed by atoms with E-state index in [9.17, 15) is 0 Å². The highest BCUT2D eigenvalue weighted by atomic mass is 16.3. The van der Waals surface area contributed by atoms with Gasteiger partial charge in [0.2, 0.25) is 5.95 Å². The molecule has 0 aliphatic heterocycles. The van der Waals surface area contributed by atoms with Crippen molar-refractivity contribution in [2.45, 2.75) is 6.54 Å². The van der Waals surface area contributed by atoms with Crippen molar-refractivity contribution in [1.82, 2.24) is 9.97 Å². The van der Waals surface area contributed by atoms with Crippen LogP contribution in [-0.2, 0) is 6.54 Å². The molecule has 2 rings (SSSR count). The van der Waals surface area contributed by atoms with E-state index in [1.165, 1.54) is 0 Å². The van der Waals surface area contributed by atoms with E-state index in [0.29, 0.717) is 12.5 Å². The molecule has 0 aliphatic rings. The van der Waals surface area contributed by atoms with Crippen LogP contribution in [0.25, 0.3) is 0 Å². The minimum atomic E-state index is 0.392. The van der Waals surface area contributed by atoms with Gasteiger partial charge in [-0.3, -0.25) is 5.43 Å². The highest BCUT2D eigenvalue weighted by Crippen LogP contribution is 2.13. The first-order valence-corrected chi connectivity index (χ1v) is 4.83. The van der Waals surface area contributed by atoms with E-state index < -0.39 is 0 Å². The van der Waals surface area contributed by atoms with Crippen LogP contribution in [0.3, 0.4) is 0 Å². The van der Waals surface area contributed by atoms with Crippen molar-refractivity contribution < 1.29 is 4.42 Å². The molecule has 2 heterocycles. The molecule has 0 saturated heterocycles. The Bertz CT molecular complexity index is 442. The second kappa shape index (κ2) is 4.63. The molecule has 0 aromatic carbocycles. The number of aromatic nitrogens is 2. The lowest BCUT2D eigenvalue weighted by Crippen LogP contribution is -2.19. The minimum absolute atomic E-state index is 0.392. The molecule has 16 heavy (non-hydrogen) atoms. The average Bonchev–Trinajstić information content (AvgIpc) is 2.82. The molecule has 2 aromatic heterocycles. The first kappa shape index (κ1) is 10.4. The molecule has 6 heteroatoms. The van der Waals surface area contributed by atoms with Crippen molar-refractivity contribution in [2.24, 2.45) is 5.84 Å². The second-order valence-corrected chi connectivity index (χ2v) is 3.32. The molecule has 2 aromatic rings. The summed E-state index contributed by atoms with van der Waals surface area (Å²) in [5.41, 5.74) is 2.41. The van der Waals surface area contributed by atoms with Crippen LogP contribution in [0, 0.1) is 0 Å². The van der Waals surface area contributed by atoms with E-state index in [-0.39, 0.29) is 0 Å². The Hall–Kier alpha value is -2.08. The highest BCUT2D eigenvalue weighted by Gasteiger charge is 2.06. The standard InChI is InChI=1S/C10H13N5O/c1-15(7-8-3-2-6-16-8)9-4-5-12-10(13-9)14-11/h2-6H,7,11H2,1H3,(H,12,13,14). The lowest BCUT2D eigenvalue weighted by atomic mass is 10.4. The Morgan fingerprint density at radius 3 is 3.06 bits per heavy atom. The molecular formula is C10H13N5O. The van der Waals surface area contributed by atoms with Gasteiger partial charge >= 0.3 is 0 Å². The number of furan rings is 1. The van der Waals surface area contributed by atoms with Gasteiger partial charge in [0.15, 0.2) is 0 Å². The van der Waals surface area contributed by atoms with Crippen molar-refractivity contribution in [3.8, 4) is 0 Å². The largest absolute Gasteiger partial charge is 0.467 e. The molecule has 6 nitrogen and oxygen atoms in total. The predicted molar refractivity (Wildman–Crippen MR) is 60.7 cm³/mol. The van der Waals surface area contributed by atoms with E-state index in [1.54, 1.807) is 12.5 Å². The van der Waals surface area contributed by atoms with Crippen LogP contribution in [0.1, 0.15) is 5.76 Å². The smallest absolute Gasteiger partial charge is 0.239 e. The number of hydrogen-bond donors (Lipinski definition) is 2. The molecule has 0 bridgehead atoms. The quantitative estimate of drug-likeness (QED) is 0.589. The molecule has 0 saturated carbocycles. The van der Waals surface area contributed by atoms with Gasteiger partial charge in [0.1, 0.15) is 11.6 Å². The summed E-state index contributed by atoms with van der Waals surface area (Å²) in [6.07, 6.45) is 3.30. The third-order valence-corrected chi connectivity index (χ3v) is 2.13. The fraction of sp³-hybridized carbons (Fsp3) is 0.200. The predicted octanol–water partition coefficient (Wildman–Crippen LogP) is 0.992. The first-order chi connectivity index (χ1) is 7.79. The summed E-state index contributed by atoms with van der Waals surface area (Å²) in [6, 6.07) is 5.58. The molecule has 0 unspecified atom stereocenters. The summed E-state index contributed by atoms with van der Waals surface area (Å²) >= 11 is 0. The van der Waals surface area contributed by atoms with Gasteiger partial charge in [0, 0.05) is 13.2 Å². The van der Waals surface area contributed by atoms with Crippen LogP contribution in [0.4, 0.5) is 11.8 Å². The van der Waals surface area contributed by atoms with Crippen LogP contribution >= 0.6 is 0 Å². The Morgan fingerprint density at radius 1 is 1.50 bits per heavy atom. The Kier molecular flexibility index (Phi) is 3.02. The topological polar surface area (TPSA) is 80.2 Å². The molecule has 0 amide bonds.